The van der Waals surface area contributed by atoms with Crippen molar-refractivity contribution >= 4 is 9.90 Å². The van der Waals surface area contributed by atoms with Crippen LogP contribution >= 0.6 is 9.90 Å². The van der Waals surface area contributed by atoms with Gasteiger partial charge in [0, 0.05) is 9.90 Å². The van der Waals surface area contributed by atoms with Crippen LogP contribution in [-0.4, -0.2) is 0 Å². The summed E-state index contributed by atoms with van der Waals surface area (Å²) in [5.41, 5.74) is 7.22. The zero-order valence-corrected chi connectivity index (χ0v) is 15.6. The van der Waals surface area contributed by atoms with Crippen molar-refractivity contribution in [3.8, 4) is 11.1 Å². The van der Waals surface area contributed by atoms with Gasteiger partial charge >= 0.3 is 0 Å². The molecular weight excluding hydrogens is 283 g/mol. The molecule has 0 unspecified atom stereocenters. The van der Waals surface area contributed by atoms with Crippen LogP contribution in [0.25, 0.3) is 11.1 Å². The first-order valence-electron chi connectivity index (χ1n) is 8.15. The van der Waals surface area contributed by atoms with Crippen LogP contribution < -0.4 is 0 Å². The van der Waals surface area contributed by atoms with Crippen molar-refractivity contribution in [2.75, 3.05) is 0 Å². The summed E-state index contributed by atoms with van der Waals surface area (Å²) in [4.78, 5) is 0. The highest BCUT2D eigenvalue weighted by Gasteiger charge is 2.18. The molecule has 0 saturated carbocycles. The minimum atomic E-state index is 0. The fourth-order valence-corrected chi connectivity index (χ4v) is 2.89. The molecule has 0 N–H and O–H groups in total. The fraction of sp³-hybridized carbons (Fsp3) is 0.429. The van der Waals surface area contributed by atoms with Gasteiger partial charge in [0.15, 0.2) is 0 Å². The Morgan fingerprint density at radius 1 is 0.636 bits per heavy atom. The highest BCUT2D eigenvalue weighted by molar-refractivity contribution is 6.92. The Balaban J connectivity index is 0.00000242. The summed E-state index contributed by atoms with van der Waals surface area (Å²) in [5, 5.41) is 0. The van der Waals surface area contributed by atoms with Gasteiger partial charge in [0.2, 0.25) is 0 Å². The highest BCUT2D eigenvalue weighted by Crippen LogP contribution is 2.38. The summed E-state index contributed by atoms with van der Waals surface area (Å²) in [6, 6.07) is 15.7. The topological polar surface area (TPSA) is 0 Å². The molecule has 0 saturated heterocycles. The minimum absolute atomic E-state index is 0. The quantitative estimate of drug-likeness (QED) is 0.510. The van der Waals surface area contributed by atoms with Gasteiger partial charge in [-0.2, -0.15) is 0 Å². The molecule has 117 valence electrons. The minimum Gasteiger partial charge on any atom is -0.0622 e. The maximum absolute atomic E-state index is 2.42. The number of rotatable bonds is 4. The molecular formula is C21H28P. The lowest BCUT2D eigenvalue weighted by molar-refractivity contribution is 0.807. The summed E-state index contributed by atoms with van der Waals surface area (Å²) >= 11 is 0. The van der Waals surface area contributed by atoms with E-state index in [-0.39, 0.29) is 9.90 Å². The van der Waals surface area contributed by atoms with Crippen LogP contribution in [-0.2, 0) is 0 Å². The van der Waals surface area contributed by atoms with E-state index in [0.717, 1.165) is 0 Å². The van der Waals surface area contributed by atoms with Crippen molar-refractivity contribution in [3.63, 3.8) is 0 Å². The largest absolute Gasteiger partial charge is 0.0622 e. The molecule has 1 heteroatoms. The van der Waals surface area contributed by atoms with E-state index >= 15 is 0 Å². The molecule has 0 heterocycles. The molecule has 0 aliphatic heterocycles. The van der Waals surface area contributed by atoms with Crippen LogP contribution in [0.3, 0.4) is 0 Å². The molecule has 0 spiro atoms. The molecule has 0 nitrogen and oxygen atoms in total. The number of hydrogen-bond acceptors (Lipinski definition) is 0. The Labute approximate surface area is 140 Å². The van der Waals surface area contributed by atoms with Gasteiger partial charge in [-0.3, -0.25) is 0 Å². The third-order valence-electron chi connectivity index (χ3n) is 4.19. The monoisotopic (exact) mass is 311 g/mol. The Hall–Kier alpha value is -1.13. The van der Waals surface area contributed by atoms with Gasteiger partial charge in [0.25, 0.3) is 0 Å². The first-order chi connectivity index (χ1) is 9.91. The fourth-order valence-electron chi connectivity index (χ4n) is 2.89. The van der Waals surface area contributed by atoms with E-state index in [9.17, 15) is 0 Å². The van der Waals surface area contributed by atoms with Crippen molar-refractivity contribution < 1.29 is 0 Å². The molecule has 0 aliphatic rings. The average molecular weight is 311 g/mol. The number of hydrogen-bond donors (Lipinski definition) is 0. The summed E-state index contributed by atoms with van der Waals surface area (Å²) in [6.07, 6.45) is 0. The molecule has 22 heavy (non-hydrogen) atoms. The van der Waals surface area contributed by atoms with Crippen LogP contribution in [0.1, 0.15) is 76.0 Å². The van der Waals surface area contributed by atoms with E-state index in [1.807, 2.05) is 0 Å². The maximum atomic E-state index is 2.42. The average Bonchev–Trinajstić information content (AvgIpc) is 2.46. The third kappa shape index (κ3) is 3.99. The molecule has 2 aromatic carbocycles. The van der Waals surface area contributed by atoms with Gasteiger partial charge in [0.1, 0.15) is 0 Å². The van der Waals surface area contributed by atoms with E-state index in [1.54, 1.807) is 0 Å². The lowest BCUT2D eigenvalue weighted by atomic mass is 9.82. The SMILES string of the molecule is CC(C)c1cc(C(C)C)c(-c2ccccc2)c(C(C)C)c1.[P]. The molecule has 3 radical (unpaired) electrons. The van der Waals surface area contributed by atoms with Crippen molar-refractivity contribution in [3.05, 3.63) is 59.2 Å². The van der Waals surface area contributed by atoms with E-state index in [1.165, 1.54) is 27.8 Å². The van der Waals surface area contributed by atoms with E-state index in [0.29, 0.717) is 17.8 Å². The Morgan fingerprint density at radius 3 is 1.45 bits per heavy atom. The van der Waals surface area contributed by atoms with Crippen LogP contribution in [0.4, 0.5) is 0 Å². The van der Waals surface area contributed by atoms with Crippen LogP contribution in [0.5, 0.6) is 0 Å². The van der Waals surface area contributed by atoms with Gasteiger partial charge in [0.05, 0.1) is 0 Å². The van der Waals surface area contributed by atoms with Crippen molar-refractivity contribution in [2.24, 2.45) is 0 Å². The molecule has 2 rings (SSSR count). The van der Waals surface area contributed by atoms with E-state index < -0.39 is 0 Å². The lowest BCUT2D eigenvalue weighted by Gasteiger charge is -2.23. The second-order valence-corrected chi connectivity index (χ2v) is 6.90. The molecule has 2 aromatic rings. The first-order valence-corrected chi connectivity index (χ1v) is 8.15. The van der Waals surface area contributed by atoms with E-state index in [2.05, 4.69) is 84.0 Å². The summed E-state index contributed by atoms with van der Waals surface area (Å²) in [6.45, 7) is 13.8. The number of benzene rings is 2. The highest BCUT2D eigenvalue weighted by atomic mass is 31.0. The van der Waals surface area contributed by atoms with Crippen LogP contribution in [0.2, 0.25) is 0 Å². The zero-order valence-electron chi connectivity index (χ0n) is 14.7. The lowest BCUT2D eigenvalue weighted by Crippen LogP contribution is -2.03. The van der Waals surface area contributed by atoms with Gasteiger partial charge < -0.3 is 0 Å². The predicted molar refractivity (Wildman–Crippen MR) is 101 cm³/mol. The molecule has 0 bridgehead atoms. The third-order valence-corrected chi connectivity index (χ3v) is 4.19. The normalized spacial score (nSPS) is 11.1. The van der Waals surface area contributed by atoms with Crippen LogP contribution in [0, 0.1) is 0 Å². The van der Waals surface area contributed by atoms with Gasteiger partial charge in [-0.1, -0.05) is 84.0 Å². The van der Waals surface area contributed by atoms with Crippen molar-refractivity contribution in [2.45, 2.75) is 59.3 Å². The van der Waals surface area contributed by atoms with E-state index in [4.69, 9.17) is 0 Å². The van der Waals surface area contributed by atoms with Crippen molar-refractivity contribution in [1.29, 1.82) is 0 Å². The van der Waals surface area contributed by atoms with Gasteiger partial charge in [-0.25, -0.2) is 0 Å². The molecule has 0 fully saturated rings. The maximum Gasteiger partial charge on any atom is 0 e. The Bertz CT molecular complexity index is 566. The summed E-state index contributed by atoms with van der Waals surface area (Å²) in [5.74, 6) is 1.65. The second kappa shape index (κ2) is 7.93. The Morgan fingerprint density at radius 2 is 1.09 bits per heavy atom. The van der Waals surface area contributed by atoms with Crippen LogP contribution in [0.15, 0.2) is 42.5 Å². The van der Waals surface area contributed by atoms with Gasteiger partial charge in [-0.05, 0) is 45.6 Å². The first kappa shape index (κ1) is 18.9. The summed E-state index contributed by atoms with van der Waals surface area (Å²) < 4.78 is 0. The smallest absolute Gasteiger partial charge is 0 e. The standard InChI is InChI=1S/C21H28.P/c1-14(2)18-12-19(15(3)4)21(20(13-18)16(5)6)17-10-8-7-9-11-17;/h7-16H,1-6H3;. The Kier molecular flexibility index (Phi) is 6.82. The molecule has 0 atom stereocenters. The molecule has 0 aromatic heterocycles. The predicted octanol–water partition coefficient (Wildman–Crippen LogP) is 7.59. The molecule has 0 aliphatic carbocycles. The second-order valence-electron chi connectivity index (χ2n) is 6.90. The van der Waals surface area contributed by atoms with Gasteiger partial charge in [-0.15, -0.1) is 0 Å². The molecule has 0 amide bonds. The van der Waals surface area contributed by atoms with Crippen molar-refractivity contribution in [1.82, 2.24) is 0 Å². The summed E-state index contributed by atoms with van der Waals surface area (Å²) in [7, 11) is 0. The zero-order chi connectivity index (χ0) is 15.6.